The maximum atomic E-state index is 12.9. The summed E-state index contributed by atoms with van der Waals surface area (Å²) in [5.41, 5.74) is 3.08. The number of imidazole rings is 1. The zero-order chi connectivity index (χ0) is 17.4. The average Bonchev–Trinajstić information content (AvgIpc) is 3.24. The van der Waals surface area contributed by atoms with Crippen molar-refractivity contribution in [3.63, 3.8) is 0 Å². The number of carbonyl (C=O) groups is 1. The van der Waals surface area contributed by atoms with Crippen LogP contribution in [0.3, 0.4) is 0 Å². The zero-order valence-corrected chi connectivity index (χ0v) is 14.4. The molecule has 3 aromatic rings. The normalized spacial score (nSPS) is 19.4. The minimum atomic E-state index is -0.0961. The summed E-state index contributed by atoms with van der Waals surface area (Å²) in [7, 11) is 0. The summed E-state index contributed by atoms with van der Waals surface area (Å²) in [6, 6.07) is 10.2. The number of aromatic nitrogens is 2. The van der Waals surface area contributed by atoms with Gasteiger partial charge in [0.05, 0.1) is 24.0 Å². The van der Waals surface area contributed by atoms with Crippen molar-refractivity contribution in [2.45, 2.75) is 38.8 Å². The quantitative estimate of drug-likeness (QED) is 0.793. The van der Waals surface area contributed by atoms with E-state index in [0.29, 0.717) is 11.3 Å². The number of nitrogens with zero attached hydrogens (tertiary/aromatic N) is 2. The Labute approximate surface area is 146 Å². The molecule has 4 rings (SSSR count). The van der Waals surface area contributed by atoms with Crippen molar-refractivity contribution >= 4 is 5.91 Å². The Morgan fingerprint density at radius 3 is 2.88 bits per heavy atom. The number of carbonyl (C=O) groups excluding carboxylic acids is 1. The van der Waals surface area contributed by atoms with Gasteiger partial charge >= 0.3 is 0 Å². The number of hydrogen-bond donors (Lipinski definition) is 1. The lowest BCUT2D eigenvalue weighted by molar-refractivity contribution is 0.0916. The molecule has 0 aliphatic heterocycles. The van der Waals surface area contributed by atoms with Gasteiger partial charge in [-0.05, 0) is 43.9 Å². The third kappa shape index (κ3) is 2.86. The van der Waals surface area contributed by atoms with E-state index in [-0.39, 0.29) is 18.0 Å². The van der Waals surface area contributed by atoms with Crippen LogP contribution in [0.4, 0.5) is 0 Å². The van der Waals surface area contributed by atoms with Gasteiger partial charge in [0.25, 0.3) is 5.91 Å². The van der Waals surface area contributed by atoms with E-state index < -0.39 is 0 Å². The molecule has 0 spiro atoms. The molecule has 0 fully saturated rings. The van der Waals surface area contributed by atoms with Crippen LogP contribution in [0.5, 0.6) is 0 Å². The highest BCUT2D eigenvalue weighted by Crippen LogP contribution is 2.37. The number of benzene rings is 1. The first-order valence-electron chi connectivity index (χ1n) is 8.56. The van der Waals surface area contributed by atoms with Crippen molar-refractivity contribution in [1.82, 2.24) is 14.9 Å². The molecule has 2 atom stereocenters. The fraction of sp³-hybridized carbons (Fsp3) is 0.300. The SMILES string of the molecule is Cc1cc(C(=O)N[C@@H]2c3ccccc3CC[C@@H]2n2ccnc2)c(C)o1. The van der Waals surface area contributed by atoms with Crippen molar-refractivity contribution in [1.29, 1.82) is 0 Å². The smallest absolute Gasteiger partial charge is 0.255 e. The first-order valence-corrected chi connectivity index (χ1v) is 8.56. The molecular weight excluding hydrogens is 314 g/mol. The summed E-state index contributed by atoms with van der Waals surface area (Å²) in [4.78, 5) is 17.1. The number of hydrogen-bond acceptors (Lipinski definition) is 3. The molecule has 1 amide bonds. The van der Waals surface area contributed by atoms with Crippen LogP contribution in [0.2, 0.25) is 0 Å². The van der Waals surface area contributed by atoms with Crippen molar-refractivity contribution in [2.75, 3.05) is 0 Å². The summed E-state index contributed by atoms with van der Waals surface area (Å²) in [6.45, 7) is 3.68. The van der Waals surface area contributed by atoms with Gasteiger partial charge in [-0.1, -0.05) is 24.3 Å². The van der Waals surface area contributed by atoms with Crippen LogP contribution >= 0.6 is 0 Å². The minimum absolute atomic E-state index is 0.0961. The first kappa shape index (κ1) is 15.7. The van der Waals surface area contributed by atoms with E-state index >= 15 is 0 Å². The van der Waals surface area contributed by atoms with E-state index in [1.807, 2.05) is 32.4 Å². The van der Waals surface area contributed by atoms with Gasteiger partial charge in [0.15, 0.2) is 0 Å². The fourth-order valence-electron chi connectivity index (χ4n) is 3.78. The van der Waals surface area contributed by atoms with Gasteiger partial charge in [-0.25, -0.2) is 4.98 Å². The predicted molar refractivity (Wildman–Crippen MR) is 94.4 cm³/mol. The summed E-state index contributed by atoms with van der Waals surface area (Å²) < 4.78 is 7.61. The molecule has 5 nitrogen and oxygen atoms in total. The number of fused-ring (bicyclic) bond motifs is 1. The Kier molecular flexibility index (Phi) is 3.92. The molecule has 1 aromatic carbocycles. The van der Waals surface area contributed by atoms with Crippen molar-refractivity contribution < 1.29 is 9.21 Å². The van der Waals surface area contributed by atoms with E-state index in [4.69, 9.17) is 4.42 Å². The summed E-state index contributed by atoms with van der Waals surface area (Å²) in [5.74, 6) is 1.30. The molecule has 1 N–H and O–H groups in total. The highest BCUT2D eigenvalue weighted by atomic mass is 16.3. The van der Waals surface area contributed by atoms with Crippen molar-refractivity contribution in [3.05, 3.63) is 77.3 Å². The number of amides is 1. The number of nitrogens with one attached hydrogen (secondary N) is 1. The molecule has 25 heavy (non-hydrogen) atoms. The minimum Gasteiger partial charge on any atom is -0.466 e. The molecule has 1 aliphatic carbocycles. The molecule has 5 heteroatoms. The van der Waals surface area contributed by atoms with Crippen LogP contribution < -0.4 is 5.32 Å². The van der Waals surface area contributed by atoms with E-state index in [2.05, 4.69) is 33.1 Å². The maximum Gasteiger partial charge on any atom is 0.255 e. The Morgan fingerprint density at radius 2 is 2.16 bits per heavy atom. The van der Waals surface area contributed by atoms with Gasteiger partial charge in [-0.3, -0.25) is 4.79 Å². The van der Waals surface area contributed by atoms with Crippen molar-refractivity contribution in [3.8, 4) is 0 Å². The van der Waals surface area contributed by atoms with Crippen LogP contribution in [-0.2, 0) is 6.42 Å². The van der Waals surface area contributed by atoms with Gasteiger partial charge in [0.2, 0.25) is 0 Å². The van der Waals surface area contributed by atoms with E-state index in [1.54, 1.807) is 12.3 Å². The predicted octanol–water partition coefficient (Wildman–Crippen LogP) is 3.75. The van der Waals surface area contributed by atoms with Gasteiger partial charge in [0, 0.05) is 12.4 Å². The van der Waals surface area contributed by atoms with Gasteiger partial charge in [0.1, 0.15) is 11.5 Å². The van der Waals surface area contributed by atoms with Gasteiger partial charge < -0.3 is 14.3 Å². The van der Waals surface area contributed by atoms with Crippen LogP contribution in [0.25, 0.3) is 0 Å². The number of aryl methyl sites for hydroxylation is 3. The van der Waals surface area contributed by atoms with Crippen LogP contribution in [0.1, 0.15) is 51.5 Å². The monoisotopic (exact) mass is 335 g/mol. The van der Waals surface area contributed by atoms with Crippen LogP contribution in [-0.4, -0.2) is 15.5 Å². The topological polar surface area (TPSA) is 60.1 Å². The second kappa shape index (κ2) is 6.24. The first-order chi connectivity index (χ1) is 12.1. The molecule has 0 unspecified atom stereocenters. The van der Waals surface area contributed by atoms with Crippen LogP contribution in [0, 0.1) is 13.8 Å². The molecule has 128 valence electrons. The summed E-state index contributed by atoms with van der Waals surface area (Å²) in [6.07, 6.45) is 7.52. The Morgan fingerprint density at radius 1 is 1.32 bits per heavy atom. The Balaban J connectivity index is 1.70. The third-order valence-electron chi connectivity index (χ3n) is 4.96. The van der Waals surface area contributed by atoms with E-state index in [9.17, 15) is 4.79 Å². The second-order valence-corrected chi connectivity index (χ2v) is 6.59. The van der Waals surface area contributed by atoms with Crippen molar-refractivity contribution in [2.24, 2.45) is 0 Å². The third-order valence-corrected chi connectivity index (χ3v) is 4.96. The lowest BCUT2D eigenvalue weighted by Crippen LogP contribution is -2.37. The molecule has 0 saturated heterocycles. The highest BCUT2D eigenvalue weighted by molar-refractivity contribution is 5.95. The maximum absolute atomic E-state index is 12.9. The standard InChI is InChI=1S/C20H21N3O2/c1-13-11-17(14(2)25-13)20(24)22-19-16-6-4-3-5-15(16)7-8-18(19)23-10-9-21-12-23/h3-6,9-12,18-19H,7-8H2,1-2H3,(H,22,24)/t18-,19+/m0/s1. The van der Waals surface area contributed by atoms with E-state index in [0.717, 1.165) is 18.6 Å². The lowest BCUT2D eigenvalue weighted by atomic mass is 9.83. The van der Waals surface area contributed by atoms with E-state index in [1.165, 1.54) is 11.1 Å². The number of furan rings is 1. The summed E-state index contributed by atoms with van der Waals surface area (Å²) >= 11 is 0. The molecule has 2 heterocycles. The fourth-order valence-corrected chi connectivity index (χ4v) is 3.78. The van der Waals surface area contributed by atoms with Crippen LogP contribution in [0.15, 0.2) is 53.5 Å². The summed E-state index contributed by atoms with van der Waals surface area (Å²) in [5, 5.41) is 3.24. The lowest BCUT2D eigenvalue weighted by Gasteiger charge is -2.35. The highest BCUT2D eigenvalue weighted by Gasteiger charge is 2.32. The molecule has 0 saturated carbocycles. The Hall–Kier alpha value is -2.82. The second-order valence-electron chi connectivity index (χ2n) is 6.59. The molecule has 0 bridgehead atoms. The average molecular weight is 335 g/mol. The van der Waals surface area contributed by atoms with Gasteiger partial charge in [-0.2, -0.15) is 0 Å². The van der Waals surface area contributed by atoms with Gasteiger partial charge in [-0.15, -0.1) is 0 Å². The Bertz CT molecular complexity index is 896. The molecule has 1 aliphatic rings. The molecule has 2 aromatic heterocycles. The molecule has 0 radical (unpaired) electrons. The number of rotatable bonds is 3. The largest absolute Gasteiger partial charge is 0.466 e. The zero-order valence-electron chi connectivity index (χ0n) is 14.4. The molecular formula is C20H21N3O2.